The van der Waals surface area contributed by atoms with E-state index in [0.29, 0.717) is 6.04 Å². The van der Waals surface area contributed by atoms with Crippen LogP contribution < -0.4 is 15.2 Å². The molecule has 1 heterocycles. The topological polar surface area (TPSA) is 51.0 Å². The number of nitrogens with two attached hydrogens (primary N) is 1. The van der Waals surface area contributed by atoms with Gasteiger partial charge in [0, 0.05) is 50.0 Å². The molecule has 0 aliphatic carbocycles. The average molecular weight is 355 g/mol. The summed E-state index contributed by atoms with van der Waals surface area (Å²) in [7, 11) is 3.38. The van der Waals surface area contributed by atoms with Crippen LogP contribution in [-0.4, -0.2) is 49.7 Å². The third kappa shape index (κ3) is 4.29. The molecule has 140 valence electrons. The Balaban J connectivity index is 1.61. The van der Waals surface area contributed by atoms with Gasteiger partial charge in [0.1, 0.15) is 0 Å². The van der Waals surface area contributed by atoms with Crippen molar-refractivity contribution in [3.8, 4) is 11.5 Å². The summed E-state index contributed by atoms with van der Waals surface area (Å²) in [4.78, 5) is 5.02. The Morgan fingerprint density at radius 2 is 1.77 bits per heavy atom. The van der Waals surface area contributed by atoms with Gasteiger partial charge in [-0.1, -0.05) is 24.3 Å². The molecule has 3 rings (SSSR count). The number of nitrogen functional groups attached to an aromatic ring is 1. The van der Waals surface area contributed by atoms with Crippen LogP contribution >= 0.6 is 0 Å². The van der Waals surface area contributed by atoms with Gasteiger partial charge in [0.25, 0.3) is 0 Å². The molecule has 0 bridgehead atoms. The fraction of sp³-hybridized carbons (Fsp3) is 0.429. The molecule has 0 amide bonds. The summed E-state index contributed by atoms with van der Waals surface area (Å²) in [6.07, 6.45) is 0. The maximum absolute atomic E-state index is 5.78. The number of hydrogen-bond donors (Lipinski definition) is 1. The summed E-state index contributed by atoms with van der Waals surface area (Å²) in [6.45, 7) is 7.28. The van der Waals surface area contributed by atoms with Crippen molar-refractivity contribution < 1.29 is 9.47 Å². The Hall–Kier alpha value is -2.24. The van der Waals surface area contributed by atoms with Crippen molar-refractivity contribution in [1.29, 1.82) is 0 Å². The van der Waals surface area contributed by atoms with E-state index in [0.717, 1.165) is 49.9 Å². The lowest BCUT2D eigenvalue weighted by Crippen LogP contribution is -2.50. The van der Waals surface area contributed by atoms with E-state index in [1.807, 2.05) is 24.3 Å². The zero-order chi connectivity index (χ0) is 18.5. The molecule has 5 nitrogen and oxygen atoms in total. The highest BCUT2D eigenvalue weighted by Gasteiger charge is 2.24. The standard InChI is InChI=1S/C21H29N3O2/c1-16-13-23(15-18-5-4-6-20(25-2)21(18)26-3)11-12-24(16)14-17-7-9-19(22)10-8-17/h4-10,16H,11-15,22H2,1-3H3/t16-/m0/s1. The molecule has 1 atom stereocenters. The normalized spacial score (nSPS) is 18.7. The fourth-order valence-corrected chi connectivity index (χ4v) is 3.63. The molecular formula is C21H29N3O2. The minimum absolute atomic E-state index is 0.498. The third-order valence-electron chi connectivity index (χ3n) is 5.09. The van der Waals surface area contributed by atoms with Crippen molar-refractivity contribution in [2.45, 2.75) is 26.1 Å². The summed E-state index contributed by atoms with van der Waals surface area (Å²) in [5, 5.41) is 0. The van der Waals surface area contributed by atoms with Gasteiger partial charge in [0.2, 0.25) is 0 Å². The van der Waals surface area contributed by atoms with E-state index in [4.69, 9.17) is 15.2 Å². The molecule has 1 aliphatic heterocycles. The van der Waals surface area contributed by atoms with Gasteiger partial charge in [-0.05, 0) is 30.7 Å². The third-order valence-corrected chi connectivity index (χ3v) is 5.09. The van der Waals surface area contributed by atoms with E-state index < -0.39 is 0 Å². The Morgan fingerprint density at radius 1 is 1.00 bits per heavy atom. The first-order valence-corrected chi connectivity index (χ1v) is 9.11. The van der Waals surface area contributed by atoms with E-state index in [2.05, 4.69) is 34.9 Å². The Morgan fingerprint density at radius 3 is 2.42 bits per heavy atom. The van der Waals surface area contributed by atoms with E-state index in [1.165, 1.54) is 11.1 Å². The summed E-state index contributed by atoms with van der Waals surface area (Å²) < 4.78 is 11.0. The molecule has 0 radical (unpaired) electrons. The molecule has 26 heavy (non-hydrogen) atoms. The predicted molar refractivity (Wildman–Crippen MR) is 106 cm³/mol. The molecule has 2 N–H and O–H groups in total. The number of anilines is 1. The average Bonchev–Trinajstić information content (AvgIpc) is 2.65. The van der Waals surface area contributed by atoms with Crippen molar-refractivity contribution in [2.24, 2.45) is 0 Å². The first-order valence-electron chi connectivity index (χ1n) is 9.11. The van der Waals surface area contributed by atoms with Gasteiger partial charge in [0.15, 0.2) is 11.5 Å². The molecular weight excluding hydrogens is 326 g/mol. The van der Waals surface area contributed by atoms with Crippen LogP contribution in [0.4, 0.5) is 5.69 Å². The molecule has 0 unspecified atom stereocenters. The quantitative estimate of drug-likeness (QED) is 0.808. The zero-order valence-corrected chi connectivity index (χ0v) is 15.9. The Kier molecular flexibility index (Phi) is 6.01. The number of piperazine rings is 1. The molecule has 1 saturated heterocycles. The number of methoxy groups -OCH3 is 2. The number of para-hydroxylation sites is 1. The molecule has 0 spiro atoms. The second-order valence-corrected chi connectivity index (χ2v) is 6.95. The lowest BCUT2D eigenvalue weighted by atomic mass is 10.1. The molecule has 0 aromatic heterocycles. The van der Waals surface area contributed by atoms with Gasteiger partial charge < -0.3 is 15.2 Å². The highest BCUT2D eigenvalue weighted by molar-refractivity contribution is 5.46. The van der Waals surface area contributed by atoms with E-state index in [1.54, 1.807) is 14.2 Å². The summed E-state index contributed by atoms with van der Waals surface area (Å²) in [6, 6.07) is 14.8. The van der Waals surface area contributed by atoms with Crippen LogP contribution in [-0.2, 0) is 13.1 Å². The predicted octanol–water partition coefficient (Wildman–Crippen LogP) is 2.99. The molecule has 1 fully saturated rings. The van der Waals surface area contributed by atoms with Gasteiger partial charge >= 0.3 is 0 Å². The largest absolute Gasteiger partial charge is 0.493 e. The molecule has 1 aliphatic rings. The van der Waals surface area contributed by atoms with E-state index in [-0.39, 0.29) is 0 Å². The monoisotopic (exact) mass is 355 g/mol. The fourth-order valence-electron chi connectivity index (χ4n) is 3.63. The maximum Gasteiger partial charge on any atom is 0.165 e. The van der Waals surface area contributed by atoms with Crippen molar-refractivity contribution >= 4 is 5.69 Å². The Bertz CT molecular complexity index is 718. The highest BCUT2D eigenvalue weighted by Crippen LogP contribution is 2.32. The number of rotatable bonds is 6. The SMILES string of the molecule is COc1cccc(CN2CCN(Cc3ccc(N)cc3)[C@@H](C)C2)c1OC. The van der Waals surface area contributed by atoms with Gasteiger partial charge in [-0.3, -0.25) is 9.80 Å². The summed E-state index contributed by atoms with van der Waals surface area (Å²) >= 11 is 0. The van der Waals surface area contributed by atoms with Crippen LogP contribution in [0.15, 0.2) is 42.5 Å². The number of nitrogens with zero attached hydrogens (tertiary/aromatic N) is 2. The van der Waals surface area contributed by atoms with Crippen molar-refractivity contribution in [1.82, 2.24) is 9.80 Å². The second kappa shape index (κ2) is 8.43. The number of benzene rings is 2. The lowest BCUT2D eigenvalue weighted by molar-refractivity contribution is 0.0727. The van der Waals surface area contributed by atoms with Crippen LogP contribution in [0.25, 0.3) is 0 Å². The van der Waals surface area contributed by atoms with E-state index >= 15 is 0 Å². The molecule has 0 saturated carbocycles. The highest BCUT2D eigenvalue weighted by atomic mass is 16.5. The van der Waals surface area contributed by atoms with Crippen LogP contribution in [0.3, 0.4) is 0 Å². The van der Waals surface area contributed by atoms with E-state index in [9.17, 15) is 0 Å². The van der Waals surface area contributed by atoms with Crippen LogP contribution in [0, 0.1) is 0 Å². The minimum Gasteiger partial charge on any atom is -0.493 e. The summed E-state index contributed by atoms with van der Waals surface area (Å²) in [5.74, 6) is 1.63. The summed E-state index contributed by atoms with van der Waals surface area (Å²) in [5.41, 5.74) is 9.09. The van der Waals surface area contributed by atoms with Gasteiger partial charge in [-0.2, -0.15) is 0 Å². The molecule has 2 aromatic carbocycles. The van der Waals surface area contributed by atoms with Gasteiger partial charge in [-0.25, -0.2) is 0 Å². The molecule has 2 aromatic rings. The maximum atomic E-state index is 5.78. The van der Waals surface area contributed by atoms with Gasteiger partial charge in [-0.15, -0.1) is 0 Å². The van der Waals surface area contributed by atoms with Crippen molar-refractivity contribution in [3.05, 3.63) is 53.6 Å². The molecule has 5 heteroatoms. The van der Waals surface area contributed by atoms with Crippen molar-refractivity contribution in [3.63, 3.8) is 0 Å². The van der Waals surface area contributed by atoms with Crippen molar-refractivity contribution in [2.75, 3.05) is 39.6 Å². The zero-order valence-electron chi connectivity index (χ0n) is 15.9. The first-order chi connectivity index (χ1) is 12.6. The van der Waals surface area contributed by atoms with Crippen LogP contribution in [0.5, 0.6) is 11.5 Å². The smallest absolute Gasteiger partial charge is 0.165 e. The lowest BCUT2D eigenvalue weighted by Gasteiger charge is -2.40. The first kappa shape index (κ1) is 18.5. The minimum atomic E-state index is 0.498. The van der Waals surface area contributed by atoms with Crippen LogP contribution in [0.2, 0.25) is 0 Å². The van der Waals surface area contributed by atoms with Gasteiger partial charge in [0.05, 0.1) is 14.2 Å². The number of ether oxygens (including phenoxy) is 2. The second-order valence-electron chi connectivity index (χ2n) is 6.95. The Labute approximate surface area is 156 Å². The number of hydrogen-bond acceptors (Lipinski definition) is 5. The van der Waals surface area contributed by atoms with Crippen LogP contribution in [0.1, 0.15) is 18.1 Å².